The molecule has 1 heterocycles. The predicted octanol–water partition coefficient (Wildman–Crippen LogP) is 3.21. The Morgan fingerprint density at radius 2 is 2.22 bits per heavy atom. The first-order chi connectivity index (χ1) is 8.72. The summed E-state index contributed by atoms with van der Waals surface area (Å²) < 4.78 is 7.54. The van der Waals surface area contributed by atoms with E-state index in [4.69, 9.17) is 4.74 Å². The zero-order valence-corrected chi connectivity index (χ0v) is 10.6. The number of hydrogen-bond donors (Lipinski definition) is 0. The van der Waals surface area contributed by atoms with Gasteiger partial charge in [-0.3, -0.25) is 9.48 Å². The van der Waals surface area contributed by atoms with Crippen LogP contribution in [0.4, 0.5) is 0 Å². The van der Waals surface area contributed by atoms with Crippen LogP contribution in [0.5, 0.6) is 11.5 Å². The zero-order chi connectivity index (χ0) is 13.0. The normalized spacial score (nSPS) is 10.3. The van der Waals surface area contributed by atoms with E-state index < -0.39 is 0 Å². The van der Waals surface area contributed by atoms with Gasteiger partial charge in [0.25, 0.3) is 0 Å². The number of carbonyl (C=O) groups excluding carboxylic acids is 1. The van der Waals surface area contributed by atoms with Gasteiger partial charge in [-0.15, -0.1) is 0 Å². The molecule has 0 atom stereocenters. The van der Waals surface area contributed by atoms with Crippen molar-refractivity contribution in [2.45, 2.75) is 26.8 Å². The molecule has 0 aliphatic rings. The molecule has 0 aliphatic carbocycles. The number of hydrogen-bond acceptors (Lipinski definition) is 3. The van der Waals surface area contributed by atoms with Crippen LogP contribution in [0.3, 0.4) is 0 Å². The van der Waals surface area contributed by atoms with Gasteiger partial charge < -0.3 is 4.74 Å². The largest absolute Gasteiger partial charge is 0.454 e. The Balaban J connectivity index is 2.12. The number of ether oxygens (including phenoxy) is 1. The SMILES string of the molecule is CCCn1cc(Oc2ccc(C=O)c(C)c2)cn1. The minimum absolute atomic E-state index is 0.684. The first kappa shape index (κ1) is 12.4. The summed E-state index contributed by atoms with van der Waals surface area (Å²) >= 11 is 0. The Labute approximate surface area is 106 Å². The fourth-order valence-corrected chi connectivity index (χ4v) is 1.73. The van der Waals surface area contributed by atoms with Crippen molar-refractivity contribution in [2.24, 2.45) is 0 Å². The van der Waals surface area contributed by atoms with Gasteiger partial charge in [-0.2, -0.15) is 5.10 Å². The Bertz CT molecular complexity index is 546. The van der Waals surface area contributed by atoms with Gasteiger partial charge in [0.05, 0.1) is 12.4 Å². The second-order valence-electron chi connectivity index (χ2n) is 4.18. The Morgan fingerprint density at radius 1 is 1.39 bits per heavy atom. The summed E-state index contributed by atoms with van der Waals surface area (Å²) in [6, 6.07) is 5.39. The topological polar surface area (TPSA) is 44.1 Å². The molecule has 0 N–H and O–H groups in total. The van der Waals surface area contributed by atoms with Crippen LogP contribution in [0.15, 0.2) is 30.6 Å². The van der Waals surface area contributed by atoms with Gasteiger partial charge in [-0.1, -0.05) is 6.92 Å². The summed E-state index contributed by atoms with van der Waals surface area (Å²) in [5.74, 6) is 1.43. The van der Waals surface area contributed by atoms with Crippen molar-refractivity contribution in [1.29, 1.82) is 0 Å². The molecule has 0 radical (unpaired) electrons. The van der Waals surface area contributed by atoms with Crippen LogP contribution in [0, 0.1) is 6.92 Å². The maximum atomic E-state index is 10.7. The highest BCUT2D eigenvalue weighted by molar-refractivity contribution is 5.77. The molecule has 4 heteroatoms. The third-order valence-electron chi connectivity index (χ3n) is 2.67. The Morgan fingerprint density at radius 3 is 2.89 bits per heavy atom. The molecule has 2 aromatic rings. The zero-order valence-electron chi connectivity index (χ0n) is 10.6. The lowest BCUT2D eigenvalue weighted by atomic mass is 10.1. The first-order valence-electron chi connectivity index (χ1n) is 5.99. The van der Waals surface area contributed by atoms with E-state index in [1.165, 1.54) is 0 Å². The van der Waals surface area contributed by atoms with Crippen LogP contribution >= 0.6 is 0 Å². The number of rotatable bonds is 5. The van der Waals surface area contributed by atoms with Gasteiger partial charge in [0.15, 0.2) is 5.75 Å². The van der Waals surface area contributed by atoms with E-state index >= 15 is 0 Å². The third-order valence-corrected chi connectivity index (χ3v) is 2.67. The van der Waals surface area contributed by atoms with E-state index in [2.05, 4.69) is 12.0 Å². The summed E-state index contributed by atoms with van der Waals surface area (Å²) in [6.07, 6.45) is 5.44. The Kier molecular flexibility index (Phi) is 3.77. The van der Waals surface area contributed by atoms with Crippen LogP contribution in [0.25, 0.3) is 0 Å². The lowest BCUT2D eigenvalue weighted by Gasteiger charge is -2.05. The highest BCUT2D eigenvalue weighted by Gasteiger charge is 2.03. The molecule has 94 valence electrons. The molecular formula is C14H16N2O2. The first-order valence-corrected chi connectivity index (χ1v) is 5.99. The average molecular weight is 244 g/mol. The summed E-state index contributed by atoms with van der Waals surface area (Å²) in [5.41, 5.74) is 1.59. The molecule has 0 saturated carbocycles. The minimum atomic E-state index is 0.684. The lowest BCUT2D eigenvalue weighted by molar-refractivity contribution is 0.112. The van der Waals surface area contributed by atoms with Crippen molar-refractivity contribution in [3.8, 4) is 11.5 Å². The number of aromatic nitrogens is 2. The van der Waals surface area contributed by atoms with Gasteiger partial charge in [0, 0.05) is 12.1 Å². The molecule has 1 aromatic heterocycles. The average Bonchev–Trinajstić information content (AvgIpc) is 2.77. The van der Waals surface area contributed by atoms with Gasteiger partial charge in [0.2, 0.25) is 0 Å². The van der Waals surface area contributed by atoms with Crippen molar-refractivity contribution in [3.05, 3.63) is 41.7 Å². The van der Waals surface area contributed by atoms with Crippen molar-refractivity contribution in [3.63, 3.8) is 0 Å². The summed E-state index contributed by atoms with van der Waals surface area (Å²) in [4.78, 5) is 10.7. The molecule has 0 spiro atoms. The van der Waals surface area contributed by atoms with E-state index in [0.29, 0.717) is 17.1 Å². The van der Waals surface area contributed by atoms with E-state index in [1.807, 2.05) is 23.9 Å². The fraction of sp³-hybridized carbons (Fsp3) is 0.286. The molecule has 0 bridgehead atoms. The molecule has 0 aliphatic heterocycles. The second kappa shape index (κ2) is 5.49. The summed E-state index contributed by atoms with van der Waals surface area (Å²) in [7, 11) is 0. The predicted molar refractivity (Wildman–Crippen MR) is 69.2 cm³/mol. The molecular weight excluding hydrogens is 228 g/mol. The molecule has 18 heavy (non-hydrogen) atoms. The molecule has 0 saturated heterocycles. The highest BCUT2D eigenvalue weighted by atomic mass is 16.5. The number of benzene rings is 1. The molecule has 0 unspecified atom stereocenters. The van der Waals surface area contributed by atoms with E-state index in [0.717, 1.165) is 24.8 Å². The van der Waals surface area contributed by atoms with Crippen LogP contribution in [0.2, 0.25) is 0 Å². The molecule has 2 rings (SSSR count). The number of nitrogens with zero attached hydrogens (tertiary/aromatic N) is 2. The van der Waals surface area contributed by atoms with E-state index in [9.17, 15) is 4.79 Å². The molecule has 4 nitrogen and oxygen atoms in total. The number of carbonyl (C=O) groups is 1. The van der Waals surface area contributed by atoms with Crippen molar-refractivity contribution >= 4 is 6.29 Å². The van der Waals surface area contributed by atoms with Gasteiger partial charge >= 0.3 is 0 Å². The van der Waals surface area contributed by atoms with Crippen LogP contribution in [0.1, 0.15) is 29.3 Å². The van der Waals surface area contributed by atoms with Crippen LogP contribution in [-0.2, 0) is 6.54 Å². The molecule has 0 amide bonds. The standard InChI is InChI=1S/C14H16N2O2/c1-3-6-16-9-14(8-15-16)18-13-5-4-12(10-17)11(2)7-13/h4-5,7-10H,3,6H2,1-2H3. The smallest absolute Gasteiger partial charge is 0.165 e. The Hall–Kier alpha value is -2.10. The maximum Gasteiger partial charge on any atom is 0.165 e. The third kappa shape index (κ3) is 2.77. The maximum absolute atomic E-state index is 10.7. The molecule has 1 aromatic carbocycles. The van der Waals surface area contributed by atoms with Crippen molar-refractivity contribution in [1.82, 2.24) is 9.78 Å². The summed E-state index contributed by atoms with van der Waals surface area (Å²) in [6.45, 7) is 4.87. The number of aryl methyl sites for hydroxylation is 2. The molecule has 0 fully saturated rings. The fourth-order valence-electron chi connectivity index (χ4n) is 1.73. The van der Waals surface area contributed by atoms with Crippen molar-refractivity contribution in [2.75, 3.05) is 0 Å². The summed E-state index contributed by atoms with van der Waals surface area (Å²) in [5, 5.41) is 4.19. The highest BCUT2D eigenvalue weighted by Crippen LogP contribution is 2.22. The second-order valence-corrected chi connectivity index (χ2v) is 4.18. The lowest BCUT2D eigenvalue weighted by Crippen LogP contribution is -1.95. The van der Waals surface area contributed by atoms with Gasteiger partial charge in [-0.05, 0) is 37.1 Å². The van der Waals surface area contributed by atoms with E-state index in [-0.39, 0.29) is 0 Å². The number of aldehydes is 1. The monoisotopic (exact) mass is 244 g/mol. The van der Waals surface area contributed by atoms with E-state index in [1.54, 1.807) is 18.3 Å². The quantitative estimate of drug-likeness (QED) is 0.758. The van der Waals surface area contributed by atoms with Crippen LogP contribution in [-0.4, -0.2) is 16.1 Å². The minimum Gasteiger partial charge on any atom is -0.454 e. The van der Waals surface area contributed by atoms with Crippen molar-refractivity contribution < 1.29 is 9.53 Å². The van der Waals surface area contributed by atoms with Gasteiger partial charge in [-0.25, -0.2) is 0 Å². The van der Waals surface area contributed by atoms with Gasteiger partial charge in [0.1, 0.15) is 12.0 Å². The van der Waals surface area contributed by atoms with Crippen LogP contribution < -0.4 is 4.74 Å².